The fourth-order valence-electron chi connectivity index (χ4n) is 3.22. The molecule has 0 aliphatic carbocycles. The van der Waals surface area contributed by atoms with Gasteiger partial charge in [-0.15, -0.1) is 0 Å². The lowest BCUT2D eigenvalue weighted by molar-refractivity contribution is 0.0683. The minimum Gasteiger partial charge on any atom is -0.338 e. The van der Waals surface area contributed by atoms with Gasteiger partial charge in [0.05, 0.1) is 4.90 Å². The van der Waals surface area contributed by atoms with Gasteiger partial charge >= 0.3 is 0 Å². The molecule has 0 saturated carbocycles. The molecule has 1 fully saturated rings. The number of nitrogens with one attached hydrogen (secondary N) is 1. The van der Waals surface area contributed by atoms with E-state index in [1.54, 1.807) is 17.0 Å². The van der Waals surface area contributed by atoms with Crippen LogP contribution in [-0.4, -0.2) is 32.3 Å². The third-order valence-electron chi connectivity index (χ3n) is 4.72. The van der Waals surface area contributed by atoms with Crippen molar-refractivity contribution in [2.45, 2.75) is 31.2 Å². The standard InChI is InChI=1S/C20H23FN2O3S/c1-15-4-3-11-23(14-15)20(24)17-5-2-6-19(12-17)27(25,26)22-13-16-7-9-18(21)10-8-16/h2,5-10,12,15,22H,3-4,11,13-14H2,1H3. The maximum atomic E-state index is 12.9. The molecular formula is C20H23FN2O3S. The molecular weight excluding hydrogens is 367 g/mol. The van der Waals surface area contributed by atoms with Crippen molar-refractivity contribution < 1.29 is 17.6 Å². The highest BCUT2D eigenvalue weighted by Gasteiger charge is 2.23. The first kappa shape index (κ1) is 19.5. The summed E-state index contributed by atoms with van der Waals surface area (Å²) in [6.07, 6.45) is 2.07. The summed E-state index contributed by atoms with van der Waals surface area (Å²) in [6.45, 7) is 3.55. The summed E-state index contributed by atoms with van der Waals surface area (Å²) in [6, 6.07) is 11.7. The van der Waals surface area contributed by atoms with Crippen LogP contribution in [0.15, 0.2) is 53.4 Å². The molecule has 0 aromatic heterocycles. The molecule has 144 valence electrons. The lowest BCUT2D eigenvalue weighted by atomic mass is 9.99. The number of hydrogen-bond donors (Lipinski definition) is 1. The Balaban J connectivity index is 1.73. The molecule has 2 aromatic carbocycles. The molecule has 2 aromatic rings. The van der Waals surface area contributed by atoms with Gasteiger partial charge in [0.15, 0.2) is 0 Å². The zero-order chi connectivity index (χ0) is 19.4. The van der Waals surface area contributed by atoms with Gasteiger partial charge in [0, 0.05) is 25.2 Å². The number of rotatable bonds is 5. The predicted octanol–water partition coefficient (Wildman–Crippen LogP) is 3.18. The highest BCUT2D eigenvalue weighted by molar-refractivity contribution is 7.89. The van der Waals surface area contributed by atoms with Crippen molar-refractivity contribution in [3.63, 3.8) is 0 Å². The van der Waals surface area contributed by atoms with Gasteiger partial charge < -0.3 is 4.90 Å². The molecule has 1 saturated heterocycles. The van der Waals surface area contributed by atoms with E-state index in [0.29, 0.717) is 30.1 Å². The Labute approximate surface area is 159 Å². The van der Waals surface area contributed by atoms with Crippen molar-refractivity contribution in [2.75, 3.05) is 13.1 Å². The Morgan fingerprint density at radius 3 is 2.67 bits per heavy atom. The average Bonchev–Trinajstić information content (AvgIpc) is 2.67. The van der Waals surface area contributed by atoms with Gasteiger partial charge in [-0.2, -0.15) is 0 Å². The lowest BCUT2D eigenvalue weighted by Crippen LogP contribution is -2.39. The van der Waals surface area contributed by atoms with Crippen LogP contribution in [0.4, 0.5) is 4.39 Å². The molecule has 1 aliphatic heterocycles. The van der Waals surface area contributed by atoms with Gasteiger partial charge in [0.2, 0.25) is 10.0 Å². The largest absolute Gasteiger partial charge is 0.338 e. The van der Waals surface area contributed by atoms with E-state index < -0.39 is 10.0 Å². The second-order valence-electron chi connectivity index (χ2n) is 6.98. The first-order valence-corrected chi connectivity index (χ1v) is 10.5. The van der Waals surface area contributed by atoms with Crippen molar-refractivity contribution in [1.29, 1.82) is 0 Å². The van der Waals surface area contributed by atoms with Crippen LogP contribution < -0.4 is 4.72 Å². The van der Waals surface area contributed by atoms with Gasteiger partial charge in [0.25, 0.3) is 5.91 Å². The molecule has 1 amide bonds. The molecule has 1 unspecified atom stereocenters. The molecule has 5 nitrogen and oxygen atoms in total. The number of benzene rings is 2. The van der Waals surface area contributed by atoms with Crippen molar-refractivity contribution in [2.24, 2.45) is 5.92 Å². The van der Waals surface area contributed by atoms with Gasteiger partial charge in [-0.25, -0.2) is 17.5 Å². The summed E-state index contributed by atoms with van der Waals surface area (Å²) >= 11 is 0. The predicted molar refractivity (Wildman–Crippen MR) is 101 cm³/mol. The topological polar surface area (TPSA) is 66.5 Å². The summed E-state index contributed by atoms with van der Waals surface area (Å²) in [5, 5.41) is 0. The second-order valence-corrected chi connectivity index (χ2v) is 8.74. The summed E-state index contributed by atoms with van der Waals surface area (Å²) < 4.78 is 40.6. The first-order chi connectivity index (χ1) is 12.8. The van der Waals surface area contributed by atoms with Crippen LogP contribution in [0, 0.1) is 11.7 Å². The van der Waals surface area contributed by atoms with Crippen molar-refractivity contribution in [1.82, 2.24) is 9.62 Å². The Bertz CT molecular complexity index is 913. The van der Waals surface area contributed by atoms with E-state index in [4.69, 9.17) is 0 Å². The smallest absolute Gasteiger partial charge is 0.253 e. The van der Waals surface area contributed by atoms with Gasteiger partial charge in [0.1, 0.15) is 5.82 Å². The monoisotopic (exact) mass is 390 g/mol. The number of carbonyl (C=O) groups is 1. The number of sulfonamides is 1. The zero-order valence-electron chi connectivity index (χ0n) is 15.2. The van der Waals surface area contributed by atoms with Crippen molar-refractivity contribution >= 4 is 15.9 Å². The van der Waals surface area contributed by atoms with E-state index in [-0.39, 0.29) is 23.2 Å². The minimum absolute atomic E-state index is 0.0421. The molecule has 3 rings (SSSR count). The van der Waals surface area contributed by atoms with Crippen LogP contribution in [0.1, 0.15) is 35.7 Å². The minimum atomic E-state index is -3.78. The molecule has 1 aliphatic rings. The molecule has 1 atom stereocenters. The van der Waals surface area contributed by atoms with Gasteiger partial charge in [-0.3, -0.25) is 4.79 Å². The van der Waals surface area contributed by atoms with Crippen LogP contribution in [0.2, 0.25) is 0 Å². The SMILES string of the molecule is CC1CCCN(C(=O)c2cccc(S(=O)(=O)NCc3ccc(F)cc3)c2)C1. The second kappa shape index (κ2) is 8.19. The Kier molecular flexibility index (Phi) is 5.92. The Morgan fingerprint density at radius 1 is 1.22 bits per heavy atom. The third kappa shape index (κ3) is 4.93. The molecule has 0 spiro atoms. The number of carbonyl (C=O) groups excluding carboxylic acids is 1. The van der Waals surface area contributed by atoms with E-state index in [9.17, 15) is 17.6 Å². The van der Waals surface area contributed by atoms with Crippen molar-refractivity contribution in [3.05, 3.63) is 65.5 Å². The third-order valence-corrected chi connectivity index (χ3v) is 6.11. The normalized spacial score (nSPS) is 17.7. The number of piperidine rings is 1. The highest BCUT2D eigenvalue weighted by atomic mass is 32.2. The van der Waals surface area contributed by atoms with E-state index in [0.717, 1.165) is 12.8 Å². The van der Waals surface area contributed by atoms with E-state index in [1.807, 2.05) is 0 Å². The summed E-state index contributed by atoms with van der Waals surface area (Å²) in [7, 11) is -3.78. The van der Waals surface area contributed by atoms with Crippen LogP contribution in [-0.2, 0) is 16.6 Å². The van der Waals surface area contributed by atoms with E-state index in [2.05, 4.69) is 11.6 Å². The van der Waals surface area contributed by atoms with E-state index >= 15 is 0 Å². The van der Waals surface area contributed by atoms with Crippen LogP contribution in [0.25, 0.3) is 0 Å². The number of nitrogens with zero attached hydrogens (tertiary/aromatic N) is 1. The van der Waals surface area contributed by atoms with Crippen LogP contribution in [0.3, 0.4) is 0 Å². The highest BCUT2D eigenvalue weighted by Crippen LogP contribution is 2.19. The number of amides is 1. The van der Waals surface area contributed by atoms with Gasteiger partial charge in [-0.1, -0.05) is 25.1 Å². The summed E-state index contributed by atoms with van der Waals surface area (Å²) in [4.78, 5) is 14.5. The Hall–Kier alpha value is -2.25. The molecule has 1 heterocycles. The molecule has 0 radical (unpaired) electrons. The fourth-order valence-corrected chi connectivity index (χ4v) is 4.28. The first-order valence-electron chi connectivity index (χ1n) is 8.98. The number of likely N-dealkylation sites (tertiary alicyclic amines) is 1. The summed E-state index contributed by atoms with van der Waals surface area (Å²) in [5.74, 6) is -0.0658. The summed E-state index contributed by atoms with van der Waals surface area (Å²) in [5.41, 5.74) is 1.02. The van der Waals surface area contributed by atoms with Crippen LogP contribution >= 0.6 is 0 Å². The Morgan fingerprint density at radius 2 is 1.96 bits per heavy atom. The maximum absolute atomic E-state index is 12.9. The maximum Gasteiger partial charge on any atom is 0.253 e. The molecule has 0 bridgehead atoms. The molecule has 1 N–H and O–H groups in total. The quantitative estimate of drug-likeness (QED) is 0.853. The van der Waals surface area contributed by atoms with Crippen LogP contribution in [0.5, 0.6) is 0 Å². The van der Waals surface area contributed by atoms with E-state index in [1.165, 1.54) is 36.4 Å². The molecule has 7 heteroatoms. The van der Waals surface area contributed by atoms with Crippen molar-refractivity contribution in [3.8, 4) is 0 Å². The lowest BCUT2D eigenvalue weighted by Gasteiger charge is -2.31. The fraction of sp³-hybridized carbons (Fsp3) is 0.350. The number of halogens is 1. The average molecular weight is 390 g/mol. The zero-order valence-corrected chi connectivity index (χ0v) is 16.0. The molecule has 27 heavy (non-hydrogen) atoms. The number of hydrogen-bond acceptors (Lipinski definition) is 3. The van der Waals surface area contributed by atoms with Gasteiger partial charge in [-0.05, 0) is 54.7 Å².